The Morgan fingerprint density at radius 2 is 2.24 bits per heavy atom. The van der Waals surface area contributed by atoms with E-state index in [1.54, 1.807) is 13.1 Å². The Kier molecular flexibility index (Phi) is 4.18. The number of nitrogen functional groups attached to an aromatic ring is 1. The molecule has 2 N–H and O–H groups in total. The summed E-state index contributed by atoms with van der Waals surface area (Å²) in [4.78, 5) is 19.1. The van der Waals surface area contributed by atoms with Crippen LogP contribution in [0, 0.1) is 15.9 Å². The van der Waals surface area contributed by atoms with E-state index in [-0.39, 0.29) is 34.6 Å². The van der Waals surface area contributed by atoms with Gasteiger partial charge in [-0.15, -0.1) is 0 Å². The lowest BCUT2D eigenvalue weighted by Gasteiger charge is -2.18. The van der Waals surface area contributed by atoms with Gasteiger partial charge in [0.15, 0.2) is 0 Å². The van der Waals surface area contributed by atoms with Crippen LogP contribution in [0.15, 0.2) is 24.4 Å². The SMILES string of the molecule is CN(Cc1c(F)cccc1Cl)c1ncc([N+](=O)[O-])c(N)n1. The summed E-state index contributed by atoms with van der Waals surface area (Å²) < 4.78 is 13.7. The van der Waals surface area contributed by atoms with Crippen LogP contribution in [-0.4, -0.2) is 21.9 Å². The normalized spacial score (nSPS) is 10.4. The molecule has 7 nitrogen and oxygen atoms in total. The Hall–Kier alpha value is -2.48. The molecule has 2 aromatic rings. The monoisotopic (exact) mass is 311 g/mol. The molecule has 0 aliphatic rings. The molecule has 0 saturated carbocycles. The predicted molar refractivity (Wildman–Crippen MR) is 76.6 cm³/mol. The fraction of sp³-hybridized carbons (Fsp3) is 0.167. The fourth-order valence-corrected chi connectivity index (χ4v) is 1.92. The molecule has 0 spiro atoms. The molecule has 2 rings (SSSR count). The van der Waals surface area contributed by atoms with Crippen molar-refractivity contribution in [2.75, 3.05) is 17.7 Å². The van der Waals surface area contributed by atoms with Gasteiger partial charge in [-0.25, -0.2) is 9.37 Å². The van der Waals surface area contributed by atoms with Gasteiger partial charge in [-0.3, -0.25) is 10.1 Å². The van der Waals surface area contributed by atoms with Gasteiger partial charge in [0.05, 0.1) is 4.92 Å². The Labute approximate surface area is 124 Å². The molecular formula is C12H11ClFN5O2. The molecule has 0 amide bonds. The number of hydrogen-bond donors (Lipinski definition) is 1. The number of benzene rings is 1. The minimum absolute atomic E-state index is 0.1000. The fourth-order valence-electron chi connectivity index (χ4n) is 1.69. The van der Waals surface area contributed by atoms with E-state index in [0.29, 0.717) is 0 Å². The molecule has 1 aromatic heterocycles. The third kappa shape index (κ3) is 3.16. The molecule has 21 heavy (non-hydrogen) atoms. The molecule has 0 saturated heterocycles. The highest BCUT2D eigenvalue weighted by atomic mass is 35.5. The summed E-state index contributed by atoms with van der Waals surface area (Å²) in [6.07, 6.45) is 1.01. The van der Waals surface area contributed by atoms with Crippen molar-refractivity contribution in [1.29, 1.82) is 0 Å². The second-order valence-corrected chi connectivity index (χ2v) is 4.66. The van der Waals surface area contributed by atoms with E-state index in [1.807, 2.05) is 0 Å². The van der Waals surface area contributed by atoms with Crippen LogP contribution in [0.25, 0.3) is 0 Å². The summed E-state index contributed by atoms with van der Waals surface area (Å²) >= 11 is 5.94. The summed E-state index contributed by atoms with van der Waals surface area (Å²) in [6.45, 7) is 0.1000. The van der Waals surface area contributed by atoms with Gasteiger partial charge in [-0.1, -0.05) is 17.7 Å². The van der Waals surface area contributed by atoms with Gasteiger partial charge in [0.2, 0.25) is 11.8 Å². The van der Waals surface area contributed by atoms with Crippen molar-refractivity contribution in [2.24, 2.45) is 0 Å². The third-order valence-electron chi connectivity index (χ3n) is 2.78. The van der Waals surface area contributed by atoms with Crippen molar-refractivity contribution in [3.8, 4) is 0 Å². The van der Waals surface area contributed by atoms with Crippen molar-refractivity contribution in [3.05, 3.63) is 50.9 Å². The number of aromatic nitrogens is 2. The summed E-state index contributed by atoms with van der Waals surface area (Å²) in [7, 11) is 1.60. The Morgan fingerprint density at radius 1 is 1.52 bits per heavy atom. The topological polar surface area (TPSA) is 98.2 Å². The van der Waals surface area contributed by atoms with Gasteiger partial charge >= 0.3 is 5.69 Å². The van der Waals surface area contributed by atoms with Gasteiger partial charge in [0.1, 0.15) is 12.0 Å². The predicted octanol–water partition coefficient (Wildman–Crippen LogP) is 2.40. The maximum atomic E-state index is 13.7. The van der Waals surface area contributed by atoms with E-state index in [9.17, 15) is 14.5 Å². The molecule has 1 heterocycles. The molecule has 1 aromatic carbocycles. The number of rotatable bonds is 4. The van der Waals surface area contributed by atoms with E-state index in [2.05, 4.69) is 9.97 Å². The molecule has 0 bridgehead atoms. The molecule has 110 valence electrons. The van der Waals surface area contributed by atoms with E-state index in [4.69, 9.17) is 17.3 Å². The maximum absolute atomic E-state index is 13.7. The van der Waals surface area contributed by atoms with Crippen LogP contribution in [-0.2, 0) is 6.54 Å². The Bertz CT molecular complexity index is 677. The van der Waals surface area contributed by atoms with Crippen LogP contribution < -0.4 is 10.6 Å². The van der Waals surface area contributed by atoms with Gasteiger partial charge < -0.3 is 10.6 Å². The largest absolute Gasteiger partial charge is 0.378 e. The van der Waals surface area contributed by atoms with Crippen molar-refractivity contribution in [1.82, 2.24) is 9.97 Å². The average Bonchev–Trinajstić information content (AvgIpc) is 2.42. The molecule has 0 radical (unpaired) electrons. The summed E-state index contributed by atoms with van der Waals surface area (Å²) in [5, 5.41) is 10.9. The lowest BCUT2D eigenvalue weighted by Crippen LogP contribution is -2.20. The van der Waals surface area contributed by atoms with E-state index >= 15 is 0 Å². The van der Waals surface area contributed by atoms with Crippen molar-refractivity contribution >= 4 is 29.1 Å². The quantitative estimate of drug-likeness (QED) is 0.687. The molecule has 0 aliphatic carbocycles. The number of nitrogens with two attached hydrogens (primary N) is 1. The summed E-state index contributed by atoms with van der Waals surface area (Å²) in [5.74, 6) is -0.571. The Morgan fingerprint density at radius 3 is 2.81 bits per heavy atom. The molecule has 0 unspecified atom stereocenters. The third-order valence-corrected chi connectivity index (χ3v) is 3.13. The highest BCUT2D eigenvalue weighted by molar-refractivity contribution is 6.31. The average molecular weight is 312 g/mol. The van der Waals surface area contributed by atoms with Gasteiger partial charge in [-0.05, 0) is 12.1 Å². The van der Waals surface area contributed by atoms with Crippen molar-refractivity contribution in [2.45, 2.75) is 6.54 Å². The van der Waals surface area contributed by atoms with Gasteiger partial charge in [0.25, 0.3) is 0 Å². The smallest absolute Gasteiger partial charge is 0.329 e. The van der Waals surface area contributed by atoms with Crippen molar-refractivity contribution in [3.63, 3.8) is 0 Å². The lowest BCUT2D eigenvalue weighted by molar-refractivity contribution is -0.384. The van der Waals surface area contributed by atoms with E-state index < -0.39 is 10.7 Å². The zero-order chi connectivity index (χ0) is 15.6. The molecule has 0 aliphatic heterocycles. The zero-order valence-electron chi connectivity index (χ0n) is 11.0. The molecule has 0 atom stereocenters. The first-order valence-corrected chi connectivity index (χ1v) is 6.19. The zero-order valence-corrected chi connectivity index (χ0v) is 11.7. The van der Waals surface area contributed by atoms with Crippen LogP contribution in [0.2, 0.25) is 5.02 Å². The number of nitrogens with zero attached hydrogens (tertiary/aromatic N) is 4. The van der Waals surface area contributed by atoms with Crippen LogP contribution in [0.1, 0.15) is 5.56 Å². The minimum Gasteiger partial charge on any atom is -0.378 e. The van der Waals surface area contributed by atoms with Crippen LogP contribution in [0.5, 0.6) is 0 Å². The second kappa shape index (κ2) is 5.88. The first kappa shape index (κ1) is 14.9. The molecule has 0 fully saturated rings. The second-order valence-electron chi connectivity index (χ2n) is 4.25. The van der Waals surface area contributed by atoms with E-state index in [1.165, 1.54) is 17.0 Å². The van der Waals surface area contributed by atoms with Crippen molar-refractivity contribution < 1.29 is 9.31 Å². The maximum Gasteiger partial charge on any atom is 0.329 e. The summed E-state index contributed by atoms with van der Waals surface area (Å²) in [6, 6.07) is 4.36. The highest BCUT2D eigenvalue weighted by Crippen LogP contribution is 2.24. The first-order valence-electron chi connectivity index (χ1n) is 5.81. The standard InChI is InChI=1S/C12H11ClFN5O2/c1-18(6-7-8(13)3-2-4-9(7)14)12-16-5-10(19(20)21)11(15)17-12/h2-5H,6H2,1H3,(H2,15,16,17). The molecule has 9 heteroatoms. The number of anilines is 2. The van der Waals surface area contributed by atoms with Crippen LogP contribution in [0.3, 0.4) is 0 Å². The van der Waals surface area contributed by atoms with Gasteiger partial charge in [0, 0.05) is 24.2 Å². The molecular weight excluding hydrogens is 301 g/mol. The minimum atomic E-state index is -0.674. The summed E-state index contributed by atoms with van der Waals surface area (Å²) in [5.41, 5.74) is 5.39. The van der Waals surface area contributed by atoms with Crippen LogP contribution >= 0.6 is 11.6 Å². The first-order chi connectivity index (χ1) is 9.90. The Balaban J connectivity index is 2.27. The number of hydrogen-bond acceptors (Lipinski definition) is 6. The lowest BCUT2D eigenvalue weighted by atomic mass is 10.2. The number of nitro groups is 1. The van der Waals surface area contributed by atoms with Crippen LogP contribution in [0.4, 0.5) is 21.8 Å². The van der Waals surface area contributed by atoms with Gasteiger partial charge in [-0.2, -0.15) is 4.98 Å². The van der Waals surface area contributed by atoms with E-state index in [0.717, 1.165) is 6.20 Å². The number of halogens is 2. The highest BCUT2D eigenvalue weighted by Gasteiger charge is 2.17.